The maximum absolute atomic E-state index is 11.6. The van der Waals surface area contributed by atoms with Crippen molar-refractivity contribution in [3.8, 4) is 0 Å². The van der Waals surface area contributed by atoms with Crippen molar-refractivity contribution in [1.29, 1.82) is 0 Å². The van der Waals surface area contributed by atoms with Gasteiger partial charge in [0.15, 0.2) is 5.78 Å². The average Bonchev–Trinajstić information content (AvgIpc) is 2.29. The Morgan fingerprint density at radius 1 is 1.25 bits per heavy atom. The van der Waals surface area contributed by atoms with Crippen LogP contribution < -0.4 is 5.32 Å². The molecule has 0 saturated carbocycles. The maximum Gasteiger partial charge on any atom is 0.235 e. The van der Waals surface area contributed by atoms with Crippen molar-refractivity contribution >= 4 is 46.5 Å². The van der Waals surface area contributed by atoms with Crippen molar-refractivity contribution in [2.45, 2.75) is 0 Å². The fraction of sp³-hybridized carbons (Fsp3) is 0.200. The van der Waals surface area contributed by atoms with Crippen molar-refractivity contribution in [1.82, 2.24) is 5.32 Å². The number of alkyl halides is 1. The van der Waals surface area contributed by atoms with Crippen LogP contribution >= 0.6 is 34.8 Å². The van der Waals surface area contributed by atoms with Crippen molar-refractivity contribution < 1.29 is 9.59 Å². The third kappa shape index (κ3) is 3.37. The van der Waals surface area contributed by atoms with Gasteiger partial charge in [0.1, 0.15) is 5.88 Å². The zero-order valence-corrected chi connectivity index (χ0v) is 10.4. The van der Waals surface area contributed by atoms with Crippen LogP contribution in [0.15, 0.2) is 18.2 Å². The van der Waals surface area contributed by atoms with Crippen LogP contribution in [0.1, 0.15) is 10.4 Å². The number of carbonyl (C=O) groups is 2. The van der Waals surface area contributed by atoms with Gasteiger partial charge in [0, 0.05) is 5.56 Å². The van der Waals surface area contributed by atoms with Gasteiger partial charge >= 0.3 is 0 Å². The summed E-state index contributed by atoms with van der Waals surface area (Å²) >= 11 is 16.9. The summed E-state index contributed by atoms with van der Waals surface area (Å²) in [4.78, 5) is 22.5. The molecule has 0 unspecified atom stereocenters. The first kappa shape index (κ1) is 13.3. The Morgan fingerprint density at radius 2 is 1.94 bits per heavy atom. The Labute approximate surface area is 108 Å². The number of rotatable bonds is 4. The number of hydrogen-bond donors (Lipinski definition) is 1. The van der Waals surface area contributed by atoms with E-state index >= 15 is 0 Å². The van der Waals surface area contributed by atoms with Gasteiger partial charge in [-0.05, 0) is 12.1 Å². The topological polar surface area (TPSA) is 46.2 Å². The monoisotopic (exact) mass is 279 g/mol. The highest BCUT2D eigenvalue weighted by atomic mass is 35.5. The number of halogens is 3. The van der Waals surface area contributed by atoms with Crippen molar-refractivity contribution in [3.63, 3.8) is 0 Å². The summed E-state index contributed by atoms with van der Waals surface area (Å²) in [6.45, 7) is -0.147. The molecule has 0 atom stereocenters. The van der Waals surface area contributed by atoms with Crippen molar-refractivity contribution in [2.75, 3.05) is 12.4 Å². The van der Waals surface area contributed by atoms with Gasteiger partial charge in [0.05, 0.1) is 16.6 Å². The first-order valence-electron chi connectivity index (χ1n) is 4.36. The molecule has 1 aromatic carbocycles. The van der Waals surface area contributed by atoms with Gasteiger partial charge in [-0.25, -0.2) is 0 Å². The lowest BCUT2D eigenvalue weighted by Crippen LogP contribution is -2.30. The van der Waals surface area contributed by atoms with Crippen LogP contribution in [0.4, 0.5) is 0 Å². The van der Waals surface area contributed by atoms with Crippen LogP contribution in [0.25, 0.3) is 0 Å². The molecule has 0 saturated heterocycles. The standard InChI is InChI=1S/C10H8Cl3NO2/c11-4-9(16)14-5-8(15)6-2-1-3-7(12)10(6)13/h1-3H,4-5H2,(H,14,16). The molecule has 16 heavy (non-hydrogen) atoms. The van der Waals surface area contributed by atoms with E-state index in [9.17, 15) is 9.59 Å². The number of Topliss-reactive ketones (excluding diaryl/α,β-unsaturated/α-hetero) is 1. The maximum atomic E-state index is 11.6. The second-order valence-electron chi connectivity index (χ2n) is 2.93. The highest BCUT2D eigenvalue weighted by molar-refractivity contribution is 6.44. The lowest BCUT2D eigenvalue weighted by Gasteiger charge is -2.05. The van der Waals surface area contributed by atoms with Gasteiger partial charge in [-0.2, -0.15) is 0 Å². The van der Waals surface area contributed by atoms with Gasteiger partial charge in [0.2, 0.25) is 5.91 Å². The molecule has 0 aliphatic carbocycles. The highest BCUT2D eigenvalue weighted by Gasteiger charge is 2.13. The molecule has 0 bridgehead atoms. The van der Waals surface area contributed by atoms with E-state index in [0.29, 0.717) is 5.02 Å². The van der Waals surface area contributed by atoms with Gasteiger partial charge in [0.25, 0.3) is 0 Å². The summed E-state index contributed by atoms with van der Waals surface area (Å²) in [7, 11) is 0. The van der Waals surface area contributed by atoms with Crippen LogP contribution in [-0.4, -0.2) is 24.1 Å². The van der Waals surface area contributed by atoms with E-state index in [4.69, 9.17) is 34.8 Å². The van der Waals surface area contributed by atoms with Crippen LogP contribution in [0, 0.1) is 0 Å². The SMILES string of the molecule is O=C(CCl)NCC(=O)c1cccc(Cl)c1Cl. The highest BCUT2D eigenvalue weighted by Crippen LogP contribution is 2.25. The van der Waals surface area contributed by atoms with Gasteiger partial charge in [-0.3, -0.25) is 9.59 Å². The minimum atomic E-state index is -0.409. The molecule has 0 heterocycles. The number of amides is 1. The Bertz CT molecular complexity index is 421. The van der Waals surface area contributed by atoms with E-state index in [-0.39, 0.29) is 28.8 Å². The number of hydrogen-bond acceptors (Lipinski definition) is 2. The summed E-state index contributed by atoms with van der Waals surface area (Å²) in [5, 5.41) is 2.85. The molecule has 1 amide bonds. The van der Waals surface area contributed by atoms with Crippen LogP contribution in [-0.2, 0) is 4.79 Å². The first-order valence-corrected chi connectivity index (χ1v) is 5.65. The van der Waals surface area contributed by atoms with Gasteiger partial charge in [-0.1, -0.05) is 29.3 Å². The molecule has 0 aliphatic rings. The third-order valence-electron chi connectivity index (χ3n) is 1.82. The minimum absolute atomic E-state index is 0.147. The Morgan fingerprint density at radius 3 is 2.56 bits per heavy atom. The van der Waals surface area contributed by atoms with E-state index in [1.807, 2.05) is 0 Å². The Kier molecular flexibility index (Phi) is 5.06. The smallest absolute Gasteiger partial charge is 0.235 e. The Hall–Kier alpha value is -0.770. The number of benzene rings is 1. The summed E-state index contributed by atoms with van der Waals surface area (Å²) in [6.07, 6.45) is 0. The first-order chi connectivity index (χ1) is 7.56. The van der Waals surface area contributed by atoms with E-state index in [1.54, 1.807) is 18.2 Å². The molecule has 1 N–H and O–H groups in total. The summed E-state index contributed by atoms with van der Waals surface area (Å²) in [6, 6.07) is 4.74. The van der Waals surface area contributed by atoms with Gasteiger partial charge < -0.3 is 5.32 Å². The zero-order chi connectivity index (χ0) is 12.1. The summed E-state index contributed by atoms with van der Waals surface area (Å²) in [5.41, 5.74) is 0.282. The quantitative estimate of drug-likeness (QED) is 0.680. The summed E-state index contributed by atoms with van der Waals surface area (Å²) < 4.78 is 0. The third-order valence-corrected chi connectivity index (χ3v) is 2.88. The van der Waals surface area contributed by atoms with Gasteiger partial charge in [-0.15, -0.1) is 11.6 Å². The molecule has 3 nitrogen and oxygen atoms in total. The minimum Gasteiger partial charge on any atom is -0.348 e. The molecule has 0 spiro atoms. The molecular weight excluding hydrogens is 272 g/mol. The van der Waals surface area contributed by atoms with E-state index in [1.165, 1.54) is 0 Å². The molecule has 0 fully saturated rings. The molecule has 86 valence electrons. The molecule has 6 heteroatoms. The lowest BCUT2D eigenvalue weighted by molar-refractivity contribution is -0.118. The van der Waals surface area contributed by atoms with E-state index in [0.717, 1.165) is 0 Å². The largest absolute Gasteiger partial charge is 0.348 e. The predicted molar refractivity (Wildman–Crippen MR) is 64.5 cm³/mol. The van der Waals surface area contributed by atoms with Crippen LogP contribution in [0.3, 0.4) is 0 Å². The Balaban J connectivity index is 2.74. The average molecular weight is 281 g/mol. The number of carbonyl (C=O) groups excluding carboxylic acids is 2. The summed E-state index contributed by atoms with van der Waals surface area (Å²) in [5.74, 6) is -0.907. The lowest BCUT2D eigenvalue weighted by atomic mass is 10.1. The van der Waals surface area contributed by atoms with Crippen LogP contribution in [0.2, 0.25) is 10.0 Å². The van der Waals surface area contributed by atoms with Crippen molar-refractivity contribution in [3.05, 3.63) is 33.8 Å². The molecule has 1 rings (SSSR count). The fourth-order valence-corrected chi connectivity index (χ4v) is 1.54. The predicted octanol–water partition coefficient (Wildman–Crippen LogP) is 2.53. The normalized spacial score (nSPS) is 9.94. The number of ketones is 1. The fourth-order valence-electron chi connectivity index (χ4n) is 1.04. The van der Waals surface area contributed by atoms with Crippen molar-refractivity contribution in [2.24, 2.45) is 0 Å². The van der Waals surface area contributed by atoms with E-state index < -0.39 is 5.91 Å². The molecule has 1 aromatic rings. The molecule has 0 radical (unpaired) electrons. The molecular formula is C10H8Cl3NO2. The number of nitrogens with one attached hydrogen (secondary N) is 1. The zero-order valence-electron chi connectivity index (χ0n) is 8.10. The second kappa shape index (κ2) is 6.09. The van der Waals surface area contributed by atoms with Crippen LogP contribution in [0.5, 0.6) is 0 Å². The molecule has 0 aliphatic heterocycles. The van der Waals surface area contributed by atoms with E-state index in [2.05, 4.69) is 5.32 Å². The second-order valence-corrected chi connectivity index (χ2v) is 3.99. The molecule has 0 aromatic heterocycles.